The van der Waals surface area contributed by atoms with Crippen molar-refractivity contribution in [2.75, 3.05) is 11.9 Å². The number of para-hydroxylation sites is 3. The lowest BCUT2D eigenvalue weighted by Gasteiger charge is -2.07. The minimum atomic E-state index is -0.639. The van der Waals surface area contributed by atoms with Crippen LogP contribution in [0.1, 0.15) is 13.3 Å². The number of benzene rings is 2. The van der Waals surface area contributed by atoms with Gasteiger partial charge >= 0.3 is 11.7 Å². The third-order valence-corrected chi connectivity index (χ3v) is 4.08. The van der Waals surface area contributed by atoms with Crippen LogP contribution in [0.3, 0.4) is 0 Å². The van der Waals surface area contributed by atoms with Gasteiger partial charge < -0.3 is 10.1 Å². The monoisotopic (exact) mass is 367 g/mol. The van der Waals surface area contributed by atoms with Crippen LogP contribution in [0.5, 0.6) is 0 Å². The van der Waals surface area contributed by atoms with Crippen molar-refractivity contribution in [1.82, 2.24) is 9.13 Å². The molecule has 0 aliphatic heterocycles. The normalized spacial score (nSPS) is 10.7. The summed E-state index contributed by atoms with van der Waals surface area (Å²) in [5.74, 6) is -1.07. The number of ether oxygens (including phenoxy) is 1. The number of amides is 1. The molecule has 1 N–H and O–H groups in total. The molecule has 0 fully saturated rings. The number of nitrogens with one attached hydrogen (secondary N) is 1. The fourth-order valence-electron chi connectivity index (χ4n) is 2.90. The number of aryl methyl sites for hydroxylation is 1. The molecule has 1 amide bonds. The Labute approximate surface area is 156 Å². The lowest BCUT2D eigenvalue weighted by atomic mass is 10.3. The minimum Gasteiger partial charge on any atom is -0.454 e. The summed E-state index contributed by atoms with van der Waals surface area (Å²) in [7, 11) is 0. The van der Waals surface area contributed by atoms with Crippen LogP contribution in [0.15, 0.2) is 59.4 Å². The zero-order chi connectivity index (χ0) is 19.2. The third kappa shape index (κ3) is 4.25. The van der Waals surface area contributed by atoms with E-state index in [0.29, 0.717) is 17.7 Å². The Bertz CT molecular complexity index is 1000. The molecule has 0 radical (unpaired) electrons. The summed E-state index contributed by atoms with van der Waals surface area (Å²) in [5, 5.41) is 2.63. The highest BCUT2D eigenvalue weighted by atomic mass is 16.5. The quantitative estimate of drug-likeness (QED) is 0.650. The first-order valence-electron chi connectivity index (χ1n) is 8.78. The molecule has 0 saturated carbocycles. The number of esters is 1. The molecule has 3 rings (SSSR count). The molecule has 27 heavy (non-hydrogen) atoms. The van der Waals surface area contributed by atoms with Gasteiger partial charge in [0.15, 0.2) is 6.61 Å². The summed E-state index contributed by atoms with van der Waals surface area (Å²) in [5.41, 5.74) is 1.81. The number of anilines is 1. The van der Waals surface area contributed by atoms with Crippen LogP contribution in [0.4, 0.5) is 5.69 Å². The van der Waals surface area contributed by atoms with Gasteiger partial charge in [0.2, 0.25) is 0 Å². The van der Waals surface area contributed by atoms with E-state index >= 15 is 0 Å². The summed E-state index contributed by atoms with van der Waals surface area (Å²) in [4.78, 5) is 36.7. The van der Waals surface area contributed by atoms with E-state index in [1.54, 1.807) is 34.9 Å². The number of hydrogen-bond donors (Lipinski definition) is 1. The smallest absolute Gasteiger partial charge is 0.329 e. The van der Waals surface area contributed by atoms with Crippen LogP contribution < -0.4 is 11.0 Å². The number of carbonyl (C=O) groups excluding carboxylic acids is 2. The molecule has 7 heteroatoms. The molecule has 140 valence electrons. The summed E-state index contributed by atoms with van der Waals surface area (Å²) in [6.45, 7) is 1.91. The first-order valence-corrected chi connectivity index (χ1v) is 8.78. The summed E-state index contributed by atoms with van der Waals surface area (Å²) in [6.07, 6.45) is 0.804. The molecule has 2 aromatic carbocycles. The minimum absolute atomic E-state index is 0.241. The third-order valence-electron chi connectivity index (χ3n) is 4.08. The highest BCUT2D eigenvalue weighted by molar-refractivity contribution is 5.92. The highest BCUT2D eigenvalue weighted by Crippen LogP contribution is 2.13. The number of hydrogen-bond acceptors (Lipinski definition) is 4. The number of fused-ring (bicyclic) bond motifs is 1. The molecular weight excluding hydrogens is 346 g/mol. The Hall–Kier alpha value is -3.35. The van der Waals surface area contributed by atoms with E-state index in [1.165, 1.54) is 4.57 Å². The van der Waals surface area contributed by atoms with Gasteiger partial charge in [-0.15, -0.1) is 0 Å². The van der Waals surface area contributed by atoms with E-state index in [2.05, 4.69) is 5.32 Å². The summed E-state index contributed by atoms with van der Waals surface area (Å²) >= 11 is 0. The fourth-order valence-corrected chi connectivity index (χ4v) is 2.90. The molecule has 0 aliphatic carbocycles. The maximum Gasteiger partial charge on any atom is 0.329 e. The molecule has 7 nitrogen and oxygen atoms in total. The summed E-state index contributed by atoms with van der Waals surface area (Å²) in [6, 6.07) is 16.2. The largest absolute Gasteiger partial charge is 0.454 e. The first-order chi connectivity index (χ1) is 13.1. The summed E-state index contributed by atoms with van der Waals surface area (Å²) < 4.78 is 8.05. The van der Waals surface area contributed by atoms with Crippen molar-refractivity contribution in [3.05, 3.63) is 65.1 Å². The highest BCUT2D eigenvalue weighted by Gasteiger charge is 2.16. The fraction of sp³-hybridized carbons (Fsp3) is 0.250. The molecule has 1 aromatic heterocycles. The van der Waals surface area contributed by atoms with Crippen molar-refractivity contribution < 1.29 is 14.3 Å². The van der Waals surface area contributed by atoms with Crippen LogP contribution in [0.25, 0.3) is 11.0 Å². The zero-order valence-electron chi connectivity index (χ0n) is 15.1. The number of rotatable bonds is 7. The first kappa shape index (κ1) is 18.4. The van der Waals surface area contributed by atoms with Crippen LogP contribution in [-0.2, 0) is 27.4 Å². The molecule has 0 unspecified atom stereocenters. The molecule has 1 heterocycles. The molecule has 0 bridgehead atoms. The van der Waals surface area contributed by atoms with Gasteiger partial charge in [0, 0.05) is 12.2 Å². The van der Waals surface area contributed by atoms with Gasteiger partial charge in [-0.3, -0.25) is 18.7 Å². The Morgan fingerprint density at radius 1 is 0.963 bits per heavy atom. The van der Waals surface area contributed by atoms with E-state index in [9.17, 15) is 14.4 Å². The SMILES string of the molecule is CCCn1c(=O)n(CC(=O)OCC(=O)Nc2ccccc2)c2ccccc21. The molecule has 0 atom stereocenters. The predicted molar refractivity (Wildman–Crippen MR) is 103 cm³/mol. The van der Waals surface area contributed by atoms with Crippen LogP contribution in [0, 0.1) is 0 Å². The van der Waals surface area contributed by atoms with Gasteiger partial charge in [-0.2, -0.15) is 0 Å². The van der Waals surface area contributed by atoms with E-state index in [4.69, 9.17) is 4.74 Å². The van der Waals surface area contributed by atoms with Crippen LogP contribution >= 0.6 is 0 Å². The second-order valence-corrected chi connectivity index (χ2v) is 6.08. The number of carbonyl (C=O) groups is 2. The van der Waals surface area contributed by atoms with Gasteiger partial charge in [-0.25, -0.2) is 4.79 Å². The van der Waals surface area contributed by atoms with Gasteiger partial charge in [0.25, 0.3) is 5.91 Å². The van der Waals surface area contributed by atoms with Gasteiger partial charge in [0.1, 0.15) is 6.54 Å². The van der Waals surface area contributed by atoms with Gasteiger partial charge in [0.05, 0.1) is 11.0 Å². The van der Waals surface area contributed by atoms with Crippen molar-refractivity contribution in [3.63, 3.8) is 0 Å². The number of nitrogens with zero attached hydrogens (tertiary/aromatic N) is 2. The van der Waals surface area contributed by atoms with Crippen molar-refractivity contribution in [3.8, 4) is 0 Å². The van der Waals surface area contributed by atoms with Crippen LogP contribution in [0.2, 0.25) is 0 Å². The lowest BCUT2D eigenvalue weighted by molar-refractivity contribution is -0.147. The number of aromatic nitrogens is 2. The average molecular weight is 367 g/mol. The van der Waals surface area contributed by atoms with Crippen LogP contribution in [-0.4, -0.2) is 27.6 Å². The van der Waals surface area contributed by atoms with E-state index in [-0.39, 0.29) is 12.2 Å². The maximum absolute atomic E-state index is 12.6. The molecule has 0 saturated heterocycles. The molecule has 3 aromatic rings. The predicted octanol–water partition coefficient (Wildman–Crippen LogP) is 2.39. The molecular formula is C20H21N3O4. The van der Waals surface area contributed by atoms with Crippen molar-refractivity contribution in [1.29, 1.82) is 0 Å². The Balaban J connectivity index is 1.67. The van der Waals surface area contributed by atoms with E-state index in [0.717, 1.165) is 11.9 Å². The lowest BCUT2D eigenvalue weighted by Crippen LogP contribution is -2.29. The van der Waals surface area contributed by atoms with E-state index < -0.39 is 18.5 Å². The Kier molecular flexibility index (Phi) is 5.71. The molecule has 0 aliphatic rings. The maximum atomic E-state index is 12.6. The standard InChI is InChI=1S/C20H21N3O4/c1-2-12-22-16-10-6-7-11-17(16)23(20(22)26)13-19(25)27-14-18(24)21-15-8-4-3-5-9-15/h3-11H,2,12-14H2,1H3,(H,21,24). The van der Waals surface area contributed by atoms with Crippen molar-refractivity contribution in [2.45, 2.75) is 26.4 Å². The van der Waals surface area contributed by atoms with E-state index in [1.807, 2.05) is 31.2 Å². The average Bonchev–Trinajstić information content (AvgIpc) is 2.93. The Morgan fingerprint density at radius 3 is 2.26 bits per heavy atom. The topological polar surface area (TPSA) is 82.3 Å². The Morgan fingerprint density at radius 2 is 1.59 bits per heavy atom. The van der Waals surface area contributed by atoms with Crippen molar-refractivity contribution >= 4 is 28.6 Å². The second-order valence-electron chi connectivity index (χ2n) is 6.08. The second kappa shape index (κ2) is 8.35. The van der Waals surface area contributed by atoms with Crippen molar-refractivity contribution in [2.24, 2.45) is 0 Å². The van der Waals surface area contributed by atoms with Gasteiger partial charge in [-0.1, -0.05) is 37.3 Å². The molecule has 0 spiro atoms. The zero-order valence-corrected chi connectivity index (χ0v) is 15.1. The number of imidazole rings is 1. The van der Waals surface area contributed by atoms with Gasteiger partial charge in [-0.05, 0) is 30.7 Å².